The molecule has 0 atom stereocenters. The predicted molar refractivity (Wildman–Crippen MR) is 591 cm³/mol. The van der Waals surface area contributed by atoms with E-state index in [2.05, 4.69) is 311 Å². The molecule has 147 heavy (non-hydrogen) atoms. The van der Waals surface area contributed by atoms with Crippen molar-refractivity contribution in [2.24, 2.45) is 0 Å². The lowest BCUT2D eigenvalue weighted by molar-refractivity contribution is -0.138. The van der Waals surface area contributed by atoms with Crippen LogP contribution < -0.4 is 0 Å². The van der Waals surface area contributed by atoms with Gasteiger partial charge in [-0.15, -0.1) is 11.3 Å². The Bertz CT molecular complexity index is 9670. The SMILES string of the molecule is Cc1cc2c(cc1C(F)(F)F)-c1ccc(-c3cccc4sc5cc(-c6ccc(C#N)cc6)ccc5c34)c3c(-c4ccc(-c5nc(-c6ccccc6)nc(-c6cccc7c6-c6ccccc6C7(C)C)n5)cc4)ccc-2c13.N#Cc1ccc(-c2cc(-c3ccc(C#N)cc3)cc(-c3ccc4c5c(ccc(-c6ccc(-c7nc(-c8ccccc8)nc(-c8ccc9ccccc9c8)n7)cc6)c35)-c3ccc(-c5ccccc5)cc3-4)c2)cc1. The van der Waals surface area contributed by atoms with Crippen LogP contribution in [0.15, 0.2) is 431 Å². The van der Waals surface area contributed by atoms with Gasteiger partial charge in [0.05, 0.1) is 40.5 Å². The lowest BCUT2D eigenvalue weighted by Gasteiger charge is -2.21. The molecule has 0 N–H and O–H groups in total. The summed E-state index contributed by atoms with van der Waals surface area (Å²) in [6, 6.07) is 154. The van der Waals surface area contributed by atoms with Gasteiger partial charge in [-0.2, -0.15) is 29.0 Å². The second-order valence-electron chi connectivity index (χ2n) is 38.3. The Morgan fingerprint density at radius 3 is 1.14 bits per heavy atom. The number of thiophene rings is 1. The molecule has 0 spiro atoms. The minimum Gasteiger partial charge on any atom is -0.208 e. The highest BCUT2D eigenvalue weighted by Crippen LogP contribution is 2.59. The lowest BCUT2D eigenvalue weighted by Crippen LogP contribution is -2.14. The molecule has 9 nitrogen and oxygen atoms in total. The van der Waals surface area contributed by atoms with Gasteiger partial charge in [0.25, 0.3) is 0 Å². The molecule has 3 heterocycles. The van der Waals surface area contributed by atoms with E-state index in [-0.39, 0.29) is 11.0 Å². The molecule has 3 aliphatic rings. The van der Waals surface area contributed by atoms with Gasteiger partial charge in [0, 0.05) is 59.0 Å². The molecule has 0 saturated carbocycles. The van der Waals surface area contributed by atoms with E-state index in [4.69, 9.17) is 29.9 Å². The molecule has 3 aromatic heterocycles. The van der Waals surface area contributed by atoms with Gasteiger partial charge >= 0.3 is 6.18 Å². The number of aryl methyl sites for hydroxylation is 1. The number of aromatic nitrogens is 6. The summed E-state index contributed by atoms with van der Waals surface area (Å²) in [4.78, 5) is 30.8. The van der Waals surface area contributed by atoms with Crippen molar-refractivity contribution in [2.75, 3.05) is 0 Å². The van der Waals surface area contributed by atoms with E-state index in [1.165, 1.54) is 61.5 Å². The molecule has 688 valence electrons. The first-order chi connectivity index (χ1) is 72.0. The molecule has 3 aliphatic carbocycles. The summed E-state index contributed by atoms with van der Waals surface area (Å²) in [7, 11) is 0. The van der Waals surface area contributed by atoms with Gasteiger partial charge in [0.1, 0.15) is 0 Å². The van der Waals surface area contributed by atoms with E-state index in [9.17, 15) is 29.0 Å². The van der Waals surface area contributed by atoms with Crippen molar-refractivity contribution in [3.63, 3.8) is 0 Å². The van der Waals surface area contributed by atoms with E-state index in [1.54, 1.807) is 24.3 Å². The van der Waals surface area contributed by atoms with Crippen LogP contribution in [0.2, 0.25) is 0 Å². The number of nitrogens with zero attached hydrogens (tertiary/aromatic N) is 9. The van der Waals surface area contributed by atoms with Crippen LogP contribution in [0.4, 0.5) is 13.2 Å². The van der Waals surface area contributed by atoms with Gasteiger partial charge in [0.2, 0.25) is 0 Å². The first-order valence-corrected chi connectivity index (χ1v) is 49.6. The maximum atomic E-state index is 14.6. The highest BCUT2D eigenvalue weighted by atomic mass is 32.1. The van der Waals surface area contributed by atoms with Crippen molar-refractivity contribution in [2.45, 2.75) is 32.4 Å². The van der Waals surface area contributed by atoms with Crippen LogP contribution in [-0.2, 0) is 11.6 Å². The fourth-order valence-electron chi connectivity index (χ4n) is 22.2. The first-order valence-electron chi connectivity index (χ1n) is 48.8. The van der Waals surface area contributed by atoms with Crippen molar-refractivity contribution < 1.29 is 13.2 Å². The minimum atomic E-state index is -4.50. The van der Waals surface area contributed by atoms with Crippen molar-refractivity contribution in [3.05, 3.63) is 470 Å². The van der Waals surface area contributed by atoms with Crippen molar-refractivity contribution in [1.29, 1.82) is 15.8 Å². The second-order valence-corrected chi connectivity index (χ2v) is 39.4. The minimum absolute atomic E-state index is 0.194. The number of alkyl halides is 3. The molecule has 24 aromatic rings. The predicted octanol–water partition coefficient (Wildman–Crippen LogP) is 35.5. The summed E-state index contributed by atoms with van der Waals surface area (Å²) in [6.45, 7) is 6.09. The van der Waals surface area contributed by atoms with Gasteiger partial charge in [-0.05, 0) is 286 Å². The monoisotopic (exact) mass is 1900 g/mol. The van der Waals surface area contributed by atoms with Crippen molar-refractivity contribution in [1.82, 2.24) is 29.9 Å². The van der Waals surface area contributed by atoms with Crippen LogP contribution >= 0.6 is 11.3 Å². The molecule has 0 fully saturated rings. The van der Waals surface area contributed by atoms with E-state index in [1.807, 2.05) is 140 Å². The lowest BCUT2D eigenvalue weighted by atomic mass is 9.82. The number of halogens is 3. The van der Waals surface area contributed by atoms with Gasteiger partial charge in [-0.25, -0.2) is 29.9 Å². The third kappa shape index (κ3) is 15.3. The van der Waals surface area contributed by atoms with Gasteiger partial charge in [0.15, 0.2) is 34.9 Å². The maximum absolute atomic E-state index is 14.6. The third-order valence-corrected chi connectivity index (χ3v) is 30.6. The molecule has 0 saturated heterocycles. The number of benzene rings is 21. The Kier molecular flexibility index (Phi) is 21.1. The summed E-state index contributed by atoms with van der Waals surface area (Å²) >= 11 is 1.73. The summed E-state index contributed by atoms with van der Waals surface area (Å²) in [5.74, 6) is 3.53. The van der Waals surface area contributed by atoms with Gasteiger partial charge in [-0.3, -0.25) is 0 Å². The number of rotatable bonds is 14. The Balaban J connectivity index is 0.000000149. The number of hydrogen-bond acceptors (Lipinski definition) is 10. The maximum Gasteiger partial charge on any atom is 0.416 e. The van der Waals surface area contributed by atoms with Gasteiger partial charge in [-0.1, -0.05) is 360 Å². The number of fused-ring (bicyclic) bond motifs is 13. The van der Waals surface area contributed by atoms with Crippen LogP contribution in [0.5, 0.6) is 0 Å². The fraction of sp³-hybridized carbons (Fsp3) is 0.0373. The van der Waals surface area contributed by atoms with Crippen molar-refractivity contribution in [3.8, 4) is 231 Å². The molecule has 21 aromatic carbocycles. The number of nitriles is 3. The fourth-order valence-corrected chi connectivity index (χ4v) is 23.4. The molecule has 0 unspecified atom stereocenters. The molecule has 0 amide bonds. The highest BCUT2D eigenvalue weighted by Gasteiger charge is 2.39. The zero-order valence-corrected chi connectivity index (χ0v) is 80.4. The third-order valence-electron chi connectivity index (χ3n) is 29.5. The summed E-state index contributed by atoms with van der Waals surface area (Å²) in [5.41, 5.74) is 36.0. The van der Waals surface area contributed by atoms with E-state index < -0.39 is 11.7 Å². The quantitative estimate of drug-likeness (QED) is 0.104. The van der Waals surface area contributed by atoms with Crippen LogP contribution in [0, 0.1) is 40.9 Å². The molecule has 13 heteroatoms. The topological polar surface area (TPSA) is 149 Å². The Labute approximate surface area is 849 Å². The van der Waals surface area contributed by atoms with Crippen LogP contribution in [0.1, 0.15) is 52.8 Å². The Morgan fingerprint density at radius 1 is 0.231 bits per heavy atom. The number of hydrogen-bond donors (Lipinski definition) is 0. The molecule has 0 bridgehead atoms. The van der Waals surface area contributed by atoms with E-state index in [0.29, 0.717) is 57.2 Å². The van der Waals surface area contributed by atoms with Crippen LogP contribution in [0.25, 0.3) is 265 Å². The zero-order valence-electron chi connectivity index (χ0n) is 79.6. The van der Waals surface area contributed by atoms with Gasteiger partial charge < -0.3 is 0 Å². The zero-order chi connectivity index (χ0) is 99.0. The summed E-state index contributed by atoms with van der Waals surface area (Å²) in [5, 5.41) is 37.5. The largest absolute Gasteiger partial charge is 0.416 e. The molecular weight excluding hydrogens is 1820 g/mol. The summed E-state index contributed by atoms with van der Waals surface area (Å²) in [6.07, 6.45) is -4.50. The standard InChI is InChI=1S/C67H41F3N4S.C67H39N5/c1-37-33-52-47-30-29-44(40-23-25-42(26-24-40)64-72-63(41-11-5-4-6-12-41)73-65(74-64)51-15-9-17-55-59(51)49-13-7-8-16-54(49)66(55,2)3)61-46(31-32-48(62(47)61)53(52)35-56(37)67(68,69)70)45-14-10-18-57-60(45)50-28-27-43(34-58(50)75-57)39-21-19-38(36-71)20-22-39;68-40-42-15-19-46(20-16-42)54-36-55(47-21-17-43(41-69)18-22-47)38-56(37-54)58-32-34-61-62-39-52(44-9-3-1-4-10-44)29-30-59(62)60-33-31-57(63(58)64(60)61)48-24-26-50(27-25-48)66-70-65(49-12-5-2-6-13-49)71-67(72-66)53-28-23-45-11-7-8-14-51(45)35-53/h4-35H,1-3H3;1-39H. The van der Waals surface area contributed by atoms with Crippen LogP contribution in [-0.4, -0.2) is 29.9 Å². The van der Waals surface area contributed by atoms with E-state index in [0.717, 1.165) is 181 Å². The van der Waals surface area contributed by atoms with Crippen LogP contribution in [0.3, 0.4) is 0 Å². The highest BCUT2D eigenvalue weighted by molar-refractivity contribution is 7.26. The molecular formula is C134H80F3N9S. The average molecular weight is 1910 g/mol. The van der Waals surface area contributed by atoms with E-state index >= 15 is 0 Å². The smallest absolute Gasteiger partial charge is 0.208 e. The second kappa shape index (κ2) is 35.2. The Morgan fingerprint density at radius 2 is 0.585 bits per heavy atom. The first kappa shape index (κ1) is 88.1. The van der Waals surface area contributed by atoms with Crippen molar-refractivity contribution >= 4 is 63.8 Å². The Hall–Kier alpha value is -19.1. The molecule has 27 rings (SSSR count). The summed E-state index contributed by atoms with van der Waals surface area (Å²) < 4.78 is 46.0. The average Bonchev–Trinajstić information content (AvgIpc) is 1.55. The normalized spacial score (nSPS) is 12.2. The molecule has 0 aliphatic heterocycles. The molecule has 0 radical (unpaired) electrons.